The third-order valence-corrected chi connectivity index (χ3v) is 3.40. The highest BCUT2D eigenvalue weighted by Crippen LogP contribution is 2.35. The molecule has 98 valence electrons. The minimum Gasteiger partial charge on any atom is -0.480 e. The third-order valence-electron chi connectivity index (χ3n) is 3.40. The van der Waals surface area contributed by atoms with Crippen LogP contribution in [0.5, 0.6) is 0 Å². The molecule has 2 N–H and O–H groups in total. The predicted octanol–water partition coefficient (Wildman–Crippen LogP) is 0.520. The molecule has 7 nitrogen and oxygen atoms in total. The van der Waals surface area contributed by atoms with Gasteiger partial charge in [0.1, 0.15) is 6.04 Å². The van der Waals surface area contributed by atoms with Gasteiger partial charge in [-0.2, -0.15) is 15.4 Å². The molecule has 0 bridgehead atoms. The molecule has 0 aliphatic carbocycles. The summed E-state index contributed by atoms with van der Waals surface area (Å²) in [6.07, 6.45) is 2.88. The number of carboxylic acid groups (broad SMARTS) is 1. The fourth-order valence-corrected chi connectivity index (χ4v) is 2.53. The van der Waals surface area contributed by atoms with Gasteiger partial charge in [0.25, 0.3) is 5.91 Å². The maximum atomic E-state index is 12.2. The molecule has 1 aromatic rings. The summed E-state index contributed by atoms with van der Waals surface area (Å²) in [6.45, 7) is 4.17. The average Bonchev–Trinajstić information content (AvgIpc) is 2.79. The lowest BCUT2D eigenvalue weighted by atomic mass is 9.76. The number of H-pyrrole nitrogens is 1. The van der Waals surface area contributed by atoms with Crippen molar-refractivity contribution in [3.8, 4) is 0 Å². The first kappa shape index (κ1) is 12.5. The topological polar surface area (TPSA) is 99.2 Å². The second-order valence-electron chi connectivity index (χ2n) is 5.19. The number of nitrogens with one attached hydrogen (secondary N) is 1. The first-order chi connectivity index (χ1) is 8.43. The average molecular weight is 252 g/mol. The van der Waals surface area contributed by atoms with E-state index in [0.717, 1.165) is 12.8 Å². The van der Waals surface area contributed by atoms with Gasteiger partial charge in [0.15, 0.2) is 5.69 Å². The molecule has 2 rings (SSSR count). The number of amides is 1. The summed E-state index contributed by atoms with van der Waals surface area (Å²) in [5.74, 6) is -1.36. The molecule has 1 aliphatic heterocycles. The molecule has 0 aromatic carbocycles. The second kappa shape index (κ2) is 4.40. The summed E-state index contributed by atoms with van der Waals surface area (Å²) in [5, 5.41) is 19.0. The highest BCUT2D eigenvalue weighted by atomic mass is 16.4. The van der Waals surface area contributed by atoms with Crippen LogP contribution in [0.1, 0.15) is 37.2 Å². The summed E-state index contributed by atoms with van der Waals surface area (Å²) in [6, 6.07) is -0.824. The van der Waals surface area contributed by atoms with Gasteiger partial charge in [-0.25, -0.2) is 4.79 Å². The maximum Gasteiger partial charge on any atom is 0.326 e. The number of rotatable bonds is 2. The summed E-state index contributed by atoms with van der Waals surface area (Å²) in [7, 11) is 0. The highest BCUT2D eigenvalue weighted by molar-refractivity contribution is 5.95. The number of aliphatic carboxylic acids is 1. The van der Waals surface area contributed by atoms with E-state index in [0.29, 0.717) is 6.54 Å². The van der Waals surface area contributed by atoms with Gasteiger partial charge in [-0.1, -0.05) is 13.8 Å². The molecule has 18 heavy (non-hydrogen) atoms. The number of aromatic nitrogens is 3. The zero-order valence-electron chi connectivity index (χ0n) is 10.4. The van der Waals surface area contributed by atoms with E-state index in [4.69, 9.17) is 0 Å². The number of piperidine rings is 1. The molecule has 1 fully saturated rings. The van der Waals surface area contributed by atoms with Crippen molar-refractivity contribution in [1.29, 1.82) is 0 Å². The Hall–Kier alpha value is -1.92. The number of carbonyl (C=O) groups is 2. The SMILES string of the molecule is CC1(C)CCCN(C(=O)c2cn[nH]n2)C1C(=O)O. The molecule has 0 radical (unpaired) electrons. The number of likely N-dealkylation sites (tertiary alicyclic amines) is 1. The zero-order valence-corrected chi connectivity index (χ0v) is 10.4. The van der Waals surface area contributed by atoms with E-state index >= 15 is 0 Å². The Morgan fingerprint density at radius 3 is 2.83 bits per heavy atom. The van der Waals surface area contributed by atoms with Gasteiger partial charge >= 0.3 is 5.97 Å². The van der Waals surface area contributed by atoms with Crippen molar-refractivity contribution in [3.63, 3.8) is 0 Å². The fraction of sp³-hybridized carbons (Fsp3) is 0.636. The Bertz CT molecular complexity index is 455. The Kier molecular flexibility index (Phi) is 3.06. The van der Waals surface area contributed by atoms with Gasteiger partial charge < -0.3 is 10.0 Å². The predicted molar refractivity (Wildman–Crippen MR) is 61.9 cm³/mol. The highest BCUT2D eigenvalue weighted by Gasteiger charge is 2.45. The number of nitrogens with zero attached hydrogens (tertiary/aromatic N) is 3. The lowest BCUT2D eigenvalue weighted by Crippen LogP contribution is -2.56. The van der Waals surface area contributed by atoms with Crippen LogP contribution in [0.25, 0.3) is 0 Å². The fourth-order valence-electron chi connectivity index (χ4n) is 2.53. The van der Waals surface area contributed by atoms with Gasteiger partial charge in [0.05, 0.1) is 6.20 Å². The minimum atomic E-state index is -0.975. The first-order valence-corrected chi connectivity index (χ1v) is 5.83. The van der Waals surface area contributed by atoms with Crippen LogP contribution >= 0.6 is 0 Å². The quantitative estimate of drug-likeness (QED) is 0.799. The van der Waals surface area contributed by atoms with Gasteiger partial charge in [0, 0.05) is 6.54 Å². The number of aromatic amines is 1. The normalized spacial score (nSPS) is 22.8. The molecule has 1 unspecified atom stereocenters. The van der Waals surface area contributed by atoms with E-state index < -0.39 is 17.4 Å². The lowest BCUT2D eigenvalue weighted by molar-refractivity contribution is -0.148. The van der Waals surface area contributed by atoms with E-state index in [1.165, 1.54) is 11.1 Å². The van der Waals surface area contributed by atoms with Gasteiger partial charge in [-0.3, -0.25) is 4.79 Å². The number of carbonyl (C=O) groups excluding carboxylic acids is 1. The van der Waals surface area contributed by atoms with Crippen molar-refractivity contribution in [2.45, 2.75) is 32.7 Å². The molecule has 1 aromatic heterocycles. The molecular formula is C11H16N4O3. The van der Waals surface area contributed by atoms with Crippen LogP contribution in [-0.2, 0) is 4.79 Å². The number of hydrogen-bond acceptors (Lipinski definition) is 4. The van der Waals surface area contributed by atoms with E-state index in [1.807, 2.05) is 13.8 Å². The summed E-state index contributed by atoms with van der Waals surface area (Å²) in [5.41, 5.74) is -0.289. The van der Waals surface area contributed by atoms with E-state index in [1.54, 1.807) is 0 Å². The van der Waals surface area contributed by atoms with Crippen LogP contribution in [0, 0.1) is 5.41 Å². The van der Waals surface area contributed by atoms with Gasteiger partial charge in [-0.05, 0) is 18.3 Å². The van der Waals surface area contributed by atoms with Gasteiger partial charge in [0.2, 0.25) is 0 Å². The largest absolute Gasteiger partial charge is 0.480 e. The van der Waals surface area contributed by atoms with E-state index in [-0.39, 0.29) is 11.6 Å². The molecule has 1 atom stereocenters. The summed E-state index contributed by atoms with van der Waals surface area (Å²) < 4.78 is 0. The number of carboxylic acids is 1. The Balaban J connectivity index is 2.30. The molecule has 0 saturated carbocycles. The Morgan fingerprint density at radius 2 is 2.28 bits per heavy atom. The van der Waals surface area contributed by atoms with Crippen LogP contribution in [0.3, 0.4) is 0 Å². The van der Waals surface area contributed by atoms with Crippen molar-refractivity contribution >= 4 is 11.9 Å². The standard InChI is InChI=1S/C11H16N4O3/c1-11(2)4-3-5-15(8(11)10(17)18)9(16)7-6-12-14-13-7/h6,8H,3-5H2,1-2H3,(H,17,18)(H,12,13,14). The van der Waals surface area contributed by atoms with Crippen LogP contribution in [0.15, 0.2) is 6.20 Å². The van der Waals surface area contributed by atoms with Crippen LogP contribution in [-0.4, -0.2) is 49.9 Å². The van der Waals surface area contributed by atoms with E-state index in [2.05, 4.69) is 15.4 Å². The smallest absolute Gasteiger partial charge is 0.326 e. The van der Waals surface area contributed by atoms with Crippen LogP contribution in [0.2, 0.25) is 0 Å². The van der Waals surface area contributed by atoms with E-state index in [9.17, 15) is 14.7 Å². The molecule has 2 heterocycles. The lowest BCUT2D eigenvalue weighted by Gasteiger charge is -2.43. The monoisotopic (exact) mass is 252 g/mol. The second-order valence-corrected chi connectivity index (χ2v) is 5.19. The van der Waals surface area contributed by atoms with Crippen molar-refractivity contribution < 1.29 is 14.7 Å². The molecule has 7 heteroatoms. The van der Waals surface area contributed by atoms with Gasteiger partial charge in [-0.15, -0.1) is 0 Å². The zero-order chi connectivity index (χ0) is 13.3. The molecule has 1 amide bonds. The van der Waals surface area contributed by atoms with Crippen molar-refractivity contribution in [3.05, 3.63) is 11.9 Å². The van der Waals surface area contributed by atoms with Crippen molar-refractivity contribution in [2.75, 3.05) is 6.54 Å². The molecular weight excluding hydrogens is 236 g/mol. The van der Waals surface area contributed by atoms with Crippen molar-refractivity contribution in [2.24, 2.45) is 5.41 Å². The molecule has 1 saturated heterocycles. The Labute approximate surface area is 104 Å². The first-order valence-electron chi connectivity index (χ1n) is 5.83. The third kappa shape index (κ3) is 2.07. The van der Waals surface area contributed by atoms with Crippen LogP contribution < -0.4 is 0 Å². The minimum absolute atomic E-state index is 0.152. The van der Waals surface area contributed by atoms with Crippen LogP contribution in [0.4, 0.5) is 0 Å². The number of hydrogen-bond donors (Lipinski definition) is 2. The summed E-state index contributed by atoms with van der Waals surface area (Å²) in [4.78, 5) is 25.0. The Morgan fingerprint density at radius 1 is 1.56 bits per heavy atom. The maximum absolute atomic E-state index is 12.2. The molecule has 0 spiro atoms. The summed E-state index contributed by atoms with van der Waals surface area (Å²) >= 11 is 0. The van der Waals surface area contributed by atoms with Crippen molar-refractivity contribution in [1.82, 2.24) is 20.3 Å². The molecule has 1 aliphatic rings.